The fraction of sp³-hybridized carbons (Fsp3) is 0.720. The van der Waals surface area contributed by atoms with Crippen LogP contribution in [0.15, 0.2) is 12.1 Å². The van der Waals surface area contributed by atoms with Crippen LogP contribution in [-0.4, -0.2) is 13.1 Å². The number of halogens is 2. The number of carbonyl (C=O) groups is 1. The minimum absolute atomic E-state index is 0.0806. The highest BCUT2D eigenvalue weighted by Gasteiger charge is 2.43. The van der Waals surface area contributed by atoms with Gasteiger partial charge in [-0.1, -0.05) is 32.6 Å². The van der Waals surface area contributed by atoms with Crippen LogP contribution in [0.3, 0.4) is 0 Å². The molecule has 4 unspecified atom stereocenters. The zero-order chi connectivity index (χ0) is 21.3. The molecule has 166 valence electrons. The summed E-state index contributed by atoms with van der Waals surface area (Å²) in [5.41, 5.74) is 0. The Labute approximate surface area is 178 Å². The minimum Gasteiger partial charge on any atom is -0.491 e. The first-order valence-corrected chi connectivity index (χ1v) is 11.7. The van der Waals surface area contributed by atoms with Crippen LogP contribution in [0.5, 0.6) is 11.5 Å². The summed E-state index contributed by atoms with van der Waals surface area (Å²) in [6.45, 7) is 2.37. The quantitative estimate of drug-likeness (QED) is 0.410. The highest BCUT2D eigenvalue weighted by Crippen LogP contribution is 2.50. The molecule has 0 radical (unpaired) electrons. The van der Waals surface area contributed by atoms with Crippen LogP contribution in [0, 0.1) is 47.1 Å². The van der Waals surface area contributed by atoms with Gasteiger partial charge in [-0.2, -0.15) is 0 Å². The molecule has 3 fully saturated rings. The number of fused-ring (bicyclic) bond motifs is 1. The van der Waals surface area contributed by atoms with Crippen molar-refractivity contribution in [3.63, 3.8) is 0 Å². The molecule has 0 N–H and O–H groups in total. The van der Waals surface area contributed by atoms with Crippen molar-refractivity contribution >= 4 is 5.97 Å². The van der Waals surface area contributed by atoms with Crippen LogP contribution in [-0.2, 0) is 4.79 Å². The summed E-state index contributed by atoms with van der Waals surface area (Å²) in [6.07, 6.45) is 12.0. The third-order valence-corrected chi connectivity index (χ3v) is 8.11. The average Bonchev–Trinajstić information content (AvgIpc) is 2.73. The molecule has 30 heavy (non-hydrogen) atoms. The van der Waals surface area contributed by atoms with Crippen molar-refractivity contribution in [1.82, 2.24) is 0 Å². The number of benzene rings is 1. The van der Waals surface area contributed by atoms with Gasteiger partial charge in [0.1, 0.15) is 5.75 Å². The van der Waals surface area contributed by atoms with Crippen molar-refractivity contribution in [3.05, 3.63) is 23.8 Å². The molecule has 1 aromatic carbocycles. The molecule has 0 heterocycles. The van der Waals surface area contributed by atoms with Crippen LogP contribution in [0.25, 0.3) is 0 Å². The molecule has 3 aliphatic rings. The third kappa shape index (κ3) is 4.50. The largest absolute Gasteiger partial charge is 0.491 e. The van der Waals surface area contributed by atoms with Gasteiger partial charge in [-0.3, -0.25) is 4.79 Å². The second kappa shape index (κ2) is 9.23. The molecule has 3 nitrogen and oxygen atoms in total. The first-order valence-electron chi connectivity index (χ1n) is 11.7. The second-order valence-electron chi connectivity index (χ2n) is 9.90. The van der Waals surface area contributed by atoms with E-state index in [1.165, 1.54) is 52.1 Å². The summed E-state index contributed by atoms with van der Waals surface area (Å²) in [6, 6.07) is 2.06. The van der Waals surface area contributed by atoms with E-state index >= 15 is 0 Å². The molecule has 4 rings (SSSR count). The molecule has 4 atom stereocenters. The fourth-order valence-corrected chi connectivity index (χ4v) is 6.46. The van der Waals surface area contributed by atoms with E-state index in [4.69, 9.17) is 9.47 Å². The molecule has 0 aromatic heterocycles. The minimum atomic E-state index is -0.857. The molecule has 0 spiro atoms. The molecule has 0 aliphatic heterocycles. The Hall–Kier alpha value is -1.65. The topological polar surface area (TPSA) is 35.5 Å². The molecule has 0 saturated heterocycles. The Bertz CT molecular complexity index is 734. The lowest BCUT2D eigenvalue weighted by Crippen LogP contribution is -2.40. The number of ether oxygens (including phenoxy) is 2. The van der Waals surface area contributed by atoms with E-state index < -0.39 is 17.4 Å². The highest BCUT2D eigenvalue weighted by molar-refractivity contribution is 5.75. The number of rotatable bonds is 4. The maximum absolute atomic E-state index is 14.0. The van der Waals surface area contributed by atoms with Crippen molar-refractivity contribution in [2.75, 3.05) is 7.11 Å². The Balaban J connectivity index is 1.39. The standard InChI is InChI=1S/C25H34F2O3/c1-15-6-8-16(9-7-15)17-10-11-20-18(12-17)4-3-5-21(20)25(28)30-19-13-22(26)24(29-2)23(27)14-19/h13-18,20-21H,3-12H2,1-2H3. The van der Waals surface area contributed by atoms with E-state index in [0.717, 1.165) is 49.1 Å². The molecular formula is C25H34F2O3. The van der Waals surface area contributed by atoms with Gasteiger partial charge >= 0.3 is 5.97 Å². The first-order chi connectivity index (χ1) is 14.5. The monoisotopic (exact) mass is 420 g/mol. The first kappa shape index (κ1) is 21.6. The molecule has 0 amide bonds. The van der Waals surface area contributed by atoms with Crippen LogP contribution in [0.2, 0.25) is 0 Å². The molecular weight excluding hydrogens is 386 g/mol. The summed E-state index contributed by atoms with van der Waals surface area (Å²) >= 11 is 0. The van der Waals surface area contributed by atoms with Gasteiger partial charge in [-0.15, -0.1) is 0 Å². The number of hydrogen-bond acceptors (Lipinski definition) is 3. The highest BCUT2D eigenvalue weighted by atomic mass is 19.1. The molecule has 5 heteroatoms. The van der Waals surface area contributed by atoms with E-state index in [-0.39, 0.29) is 17.6 Å². The van der Waals surface area contributed by atoms with E-state index in [0.29, 0.717) is 11.8 Å². The van der Waals surface area contributed by atoms with Crippen molar-refractivity contribution in [2.45, 2.75) is 71.1 Å². The molecule has 1 aromatic rings. The van der Waals surface area contributed by atoms with Crippen molar-refractivity contribution < 1.29 is 23.0 Å². The van der Waals surface area contributed by atoms with Crippen molar-refractivity contribution in [2.24, 2.45) is 35.5 Å². The smallest absolute Gasteiger partial charge is 0.314 e. The van der Waals surface area contributed by atoms with Crippen molar-refractivity contribution in [3.8, 4) is 11.5 Å². The van der Waals surface area contributed by atoms with Gasteiger partial charge < -0.3 is 9.47 Å². The SMILES string of the molecule is COc1c(F)cc(OC(=O)C2CCCC3CC(C4CCC(C)CC4)CCC32)cc1F. The lowest BCUT2D eigenvalue weighted by molar-refractivity contribution is -0.144. The number of hydrogen-bond donors (Lipinski definition) is 0. The third-order valence-electron chi connectivity index (χ3n) is 8.11. The van der Waals surface area contributed by atoms with E-state index in [1.54, 1.807) is 0 Å². The zero-order valence-corrected chi connectivity index (χ0v) is 18.2. The summed E-state index contributed by atoms with van der Waals surface area (Å²) in [4.78, 5) is 12.9. The average molecular weight is 421 g/mol. The van der Waals surface area contributed by atoms with Gasteiger partial charge in [0.25, 0.3) is 0 Å². The summed E-state index contributed by atoms with van der Waals surface area (Å²) in [7, 11) is 1.21. The Morgan fingerprint density at radius 2 is 1.57 bits per heavy atom. The zero-order valence-electron chi connectivity index (χ0n) is 18.2. The maximum atomic E-state index is 14.0. The molecule has 3 saturated carbocycles. The van der Waals surface area contributed by atoms with Gasteiger partial charge in [0, 0.05) is 12.1 Å². The van der Waals surface area contributed by atoms with Gasteiger partial charge in [0.05, 0.1) is 13.0 Å². The summed E-state index contributed by atoms with van der Waals surface area (Å²) in [5, 5.41) is 0. The maximum Gasteiger partial charge on any atom is 0.314 e. The Morgan fingerprint density at radius 3 is 2.23 bits per heavy atom. The normalized spacial score (nSPS) is 34.1. The van der Waals surface area contributed by atoms with Gasteiger partial charge in [0.15, 0.2) is 17.4 Å². The number of esters is 1. The van der Waals surface area contributed by atoms with E-state index in [9.17, 15) is 13.6 Å². The number of carbonyl (C=O) groups excluding carboxylic acids is 1. The Morgan fingerprint density at radius 1 is 0.900 bits per heavy atom. The fourth-order valence-electron chi connectivity index (χ4n) is 6.46. The summed E-state index contributed by atoms with van der Waals surface area (Å²) < 4.78 is 38.1. The van der Waals surface area contributed by atoms with E-state index in [1.807, 2.05) is 0 Å². The van der Waals surface area contributed by atoms with Crippen LogP contribution in [0.4, 0.5) is 8.78 Å². The predicted molar refractivity (Wildman–Crippen MR) is 111 cm³/mol. The van der Waals surface area contributed by atoms with Gasteiger partial charge in [-0.05, 0) is 68.1 Å². The molecule has 0 bridgehead atoms. The van der Waals surface area contributed by atoms with Crippen LogP contribution >= 0.6 is 0 Å². The van der Waals surface area contributed by atoms with Gasteiger partial charge in [0.2, 0.25) is 0 Å². The second-order valence-corrected chi connectivity index (χ2v) is 9.90. The van der Waals surface area contributed by atoms with Crippen molar-refractivity contribution in [1.29, 1.82) is 0 Å². The Kier molecular flexibility index (Phi) is 6.64. The van der Waals surface area contributed by atoms with E-state index in [2.05, 4.69) is 6.92 Å². The van der Waals surface area contributed by atoms with Crippen LogP contribution < -0.4 is 9.47 Å². The van der Waals surface area contributed by atoms with Gasteiger partial charge in [-0.25, -0.2) is 8.78 Å². The number of methoxy groups -OCH3 is 1. The lowest BCUT2D eigenvalue weighted by atomic mass is 9.59. The van der Waals surface area contributed by atoms with Crippen LogP contribution in [0.1, 0.15) is 71.1 Å². The lowest BCUT2D eigenvalue weighted by Gasteiger charge is -2.45. The summed E-state index contributed by atoms with van der Waals surface area (Å²) in [5.74, 6) is 0.718. The predicted octanol–water partition coefficient (Wildman–Crippen LogP) is 6.54. The molecule has 3 aliphatic carbocycles.